The number of nitrogens with one attached hydrogen (secondary N) is 1. The van der Waals surface area contributed by atoms with E-state index in [0.717, 1.165) is 11.1 Å². The molecule has 152 valence electrons. The van der Waals surface area contributed by atoms with Crippen LogP contribution in [0.2, 0.25) is 0 Å². The van der Waals surface area contributed by atoms with Crippen molar-refractivity contribution in [1.29, 1.82) is 5.26 Å². The van der Waals surface area contributed by atoms with E-state index in [4.69, 9.17) is 5.26 Å². The van der Waals surface area contributed by atoms with E-state index in [-0.39, 0.29) is 23.5 Å². The van der Waals surface area contributed by atoms with Crippen LogP contribution in [0.4, 0.5) is 4.39 Å². The Balaban J connectivity index is 1.79. The van der Waals surface area contributed by atoms with E-state index in [2.05, 4.69) is 4.98 Å². The molecule has 31 heavy (non-hydrogen) atoms. The van der Waals surface area contributed by atoms with E-state index in [1.54, 1.807) is 24.4 Å². The zero-order valence-electron chi connectivity index (χ0n) is 16.5. The number of aromatic nitrogens is 2. The number of nitriles is 1. The number of hydrogen-bond acceptors (Lipinski definition) is 3. The third kappa shape index (κ3) is 4.21. The molecule has 0 saturated carbocycles. The number of allylic oxidation sites excluding steroid dienone is 1. The molecule has 1 N–H and O–H groups in total. The van der Waals surface area contributed by atoms with Gasteiger partial charge in [-0.15, -0.1) is 0 Å². The molecular formula is C25H18FN3O2. The van der Waals surface area contributed by atoms with Crippen molar-refractivity contribution in [1.82, 2.24) is 9.55 Å². The molecule has 0 radical (unpaired) electrons. The monoisotopic (exact) mass is 411 g/mol. The first-order chi connectivity index (χ1) is 15.1. The summed E-state index contributed by atoms with van der Waals surface area (Å²) in [5.41, 5.74) is 2.86. The fourth-order valence-electron chi connectivity index (χ4n) is 3.60. The normalized spacial score (nSPS) is 11.1. The Labute approximate surface area is 177 Å². The molecule has 0 fully saturated rings. The molecule has 2 heterocycles. The van der Waals surface area contributed by atoms with Crippen molar-refractivity contribution in [2.75, 3.05) is 0 Å². The molecule has 4 aromatic rings. The van der Waals surface area contributed by atoms with Gasteiger partial charge in [-0.3, -0.25) is 9.59 Å². The second kappa shape index (κ2) is 8.64. The lowest BCUT2D eigenvalue weighted by Gasteiger charge is -2.12. The van der Waals surface area contributed by atoms with Crippen LogP contribution in [-0.2, 0) is 13.0 Å². The minimum Gasteiger partial charge on any atom is -0.322 e. The van der Waals surface area contributed by atoms with Crippen LogP contribution >= 0.6 is 0 Å². The summed E-state index contributed by atoms with van der Waals surface area (Å²) in [6.45, 7) is -0.0332. The predicted molar refractivity (Wildman–Crippen MR) is 119 cm³/mol. The van der Waals surface area contributed by atoms with Crippen LogP contribution in [0, 0.1) is 17.1 Å². The van der Waals surface area contributed by atoms with E-state index in [1.807, 2.05) is 42.5 Å². The highest BCUT2D eigenvalue weighted by Gasteiger charge is 2.14. The van der Waals surface area contributed by atoms with Gasteiger partial charge in [-0.05, 0) is 41.8 Å². The van der Waals surface area contributed by atoms with Gasteiger partial charge < -0.3 is 9.55 Å². The molecule has 0 aliphatic rings. The lowest BCUT2D eigenvalue weighted by molar-refractivity contribution is 0.629. The summed E-state index contributed by atoms with van der Waals surface area (Å²) < 4.78 is 15.3. The third-order valence-electron chi connectivity index (χ3n) is 5.02. The standard InChI is InChI=1S/C25H18FN3O2/c26-19-10-11-22-21(15-19)24(18-6-2-1-3-7-18)20(25(31)28-22)8-4-5-17-9-12-23(30)29(16-17)14-13-27/h1-7,9-12,15-16H,8,14H2,(H,28,31)/b5-4+. The van der Waals surface area contributed by atoms with Crippen LogP contribution < -0.4 is 11.1 Å². The quantitative estimate of drug-likeness (QED) is 0.533. The van der Waals surface area contributed by atoms with Crippen molar-refractivity contribution in [3.05, 3.63) is 111 Å². The fourth-order valence-corrected chi connectivity index (χ4v) is 3.60. The first-order valence-corrected chi connectivity index (χ1v) is 9.70. The first-order valence-electron chi connectivity index (χ1n) is 9.70. The van der Waals surface area contributed by atoms with Gasteiger partial charge in [-0.25, -0.2) is 4.39 Å². The molecule has 0 amide bonds. The Morgan fingerprint density at radius 1 is 1.06 bits per heavy atom. The number of halogens is 1. The van der Waals surface area contributed by atoms with E-state index in [0.29, 0.717) is 28.5 Å². The topological polar surface area (TPSA) is 78.7 Å². The third-order valence-corrected chi connectivity index (χ3v) is 5.02. The van der Waals surface area contributed by atoms with Crippen LogP contribution in [0.15, 0.2) is 82.5 Å². The van der Waals surface area contributed by atoms with E-state index < -0.39 is 0 Å². The van der Waals surface area contributed by atoms with Gasteiger partial charge >= 0.3 is 0 Å². The van der Waals surface area contributed by atoms with Crippen molar-refractivity contribution in [2.45, 2.75) is 13.0 Å². The Kier molecular flexibility index (Phi) is 5.59. The maximum absolute atomic E-state index is 14.0. The molecule has 0 unspecified atom stereocenters. The smallest absolute Gasteiger partial charge is 0.252 e. The van der Waals surface area contributed by atoms with E-state index in [1.165, 1.54) is 22.8 Å². The lowest BCUT2D eigenvalue weighted by Crippen LogP contribution is -2.17. The van der Waals surface area contributed by atoms with Crippen LogP contribution in [0.1, 0.15) is 11.1 Å². The number of pyridine rings is 2. The zero-order chi connectivity index (χ0) is 21.8. The van der Waals surface area contributed by atoms with Crippen LogP contribution in [0.5, 0.6) is 0 Å². The molecule has 4 rings (SSSR count). The predicted octanol–water partition coefficient (Wildman–Crippen LogP) is 4.28. The minimum absolute atomic E-state index is 0.0332. The Morgan fingerprint density at radius 2 is 1.87 bits per heavy atom. The highest BCUT2D eigenvalue weighted by Crippen LogP contribution is 2.30. The number of hydrogen-bond donors (Lipinski definition) is 1. The Morgan fingerprint density at radius 3 is 2.65 bits per heavy atom. The summed E-state index contributed by atoms with van der Waals surface area (Å²) in [6.07, 6.45) is 5.51. The van der Waals surface area contributed by atoms with Crippen LogP contribution in [0.3, 0.4) is 0 Å². The van der Waals surface area contributed by atoms with Crippen molar-refractivity contribution < 1.29 is 4.39 Å². The van der Waals surface area contributed by atoms with Gasteiger partial charge in [-0.1, -0.05) is 42.5 Å². The average molecular weight is 411 g/mol. The molecule has 0 spiro atoms. The molecule has 2 aromatic heterocycles. The summed E-state index contributed by atoms with van der Waals surface area (Å²) in [4.78, 5) is 27.5. The first kappa shape index (κ1) is 20.0. The number of aromatic amines is 1. The van der Waals surface area contributed by atoms with Crippen LogP contribution in [-0.4, -0.2) is 9.55 Å². The number of H-pyrrole nitrogens is 1. The van der Waals surface area contributed by atoms with Gasteiger partial charge in [0, 0.05) is 34.3 Å². The number of nitrogens with zero attached hydrogens (tertiary/aromatic N) is 2. The molecule has 0 aliphatic carbocycles. The summed E-state index contributed by atoms with van der Waals surface area (Å²) >= 11 is 0. The zero-order valence-corrected chi connectivity index (χ0v) is 16.5. The summed E-state index contributed by atoms with van der Waals surface area (Å²) in [7, 11) is 0. The molecule has 0 aliphatic heterocycles. The highest BCUT2D eigenvalue weighted by atomic mass is 19.1. The van der Waals surface area contributed by atoms with E-state index >= 15 is 0 Å². The highest BCUT2D eigenvalue weighted by molar-refractivity contribution is 5.96. The van der Waals surface area contributed by atoms with Crippen molar-refractivity contribution in [3.63, 3.8) is 0 Å². The van der Waals surface area contributed by atoms with Crippen molar-refractivity contribution >= 4 is 17.0 Å². The van der Waals surface area contributed by atoms with Crippen molar-refractivity contribution in [2.24, 2.45) is 0 Å². The second-order valence-corrected chi connectivity index (χ2v) is 7.06. The summed E-state index contributed by atoms with van der Waals surface area (Å²) in [5, 5.41) is 9.48. The van der Waals surface area contributed by atoms with Gasteiger partial charge in [0.25, 0.3) is 11.1 Å². The minimum atomic E-state index is -0.377. The molecule has 0 atom stereocenters. The van der Waals surface area contributed by atoms with Crippen molar-refractivity contribution in [3.8, 4) is 17.2 Å². The maximum Gasteiger partial charge on any atom is 0.252 e. The molecule has 2 aromatic carbocycles. The SMILES string of the molecule is N#CCn1cc(/C=C/Cc2c(-c3ccccc3)c3cc(F)ccc3[nH]c2=O)ccc1=O. The molecule has 6 heteroatoms. The van der Waals surface area contributed by atoms with Gasteiger partial charge in [0.2, 0.25) is 0 Å². The number of fused-ring (bicyclic) bond motifs is 1. The number of benzene rings is 2. The summed E-state index contributed by atoms with van der Waals surface area (Å²) in [5.74, 6) is -0.377. The Hall–Kier alpha value is -4.24. The second-order valence-electron chi connectivity index (χ2n) is 7.06. The van der Waals surface area contributed by atoms with Gasteiger partial charge in [0.1, 0.15) is 12.4 Å². The molecule has 5 nitrogen and oxygen atoms in total. The lowest BCUT2D eigenvalue weighted by atomic mass is 9.94. The molecule has 0 bridgehead atoms. The van der Waals surface area contributed by atoms with Gasteiger partial charge in [0.15, 0.2) is 0 Å². The Bertz CT molecular complexity index is 1440. The summed E-state index contributed by atoms with van der Waals surface area (Å²) in [6, 6.07) is 18.7. The number of rotatable bonds is 5. The molecule has 0 saturated heterocycles. The van der Waals surface area contributed by atoms with Gasteiger partial charge in [0.05, 0.1) is 6.07 Å². The largest absolute Gasteiger partial charge is 0.322 e. The fraction of sp³-hybridized carbons (Fsp3) is 0.0800. The van der Waals surface area contributed by atoms with E-state index in [9.17, 15) is 14.0 Å². The maximum atomic E-state index is 14.0. The van der Waals surface area contributed by atoms with Gasteiger partial charge in [-0.2, -0.15) is 5.26 Å². The van der Waals surface area contributed by atoms with Crippen LogP contribution in [0.25, 0.3) is 28.1 Å². The molecular weight excluding hydrogens is 393 g/mol. The average Bonchev–Trinajstić information content (AvgIpc) is 2.77.